The molecule has 1 aromatic carbocycles. The summed E-state index contributed by atoms with van der Waals surface area (Å²) in [5.41, 5.74) is 0.956. The topological polar surface area (TPSA) is 53.7 Å². The third-order valence-electron chi connectivity index (χ3n) is 2.16. The minimum absolute atomic E-state index is 0.158. The predicted molar refractivity (Wildman–Crippen MR) is 57.9 cm³/mol. The number of hydrogen-bond acceptors (Lipinski definition) is 4. The summed E-state index contributed by atoms with van der Waals surface area (Å²) in [4.78, 5) is 4.74. The van der Waals surface area contributed by atoms with Crippen LogP contribution in [-0.4, -0.2) is 13.7 Å². The lowest BCUT2D eigenvalue weighted by Crippen LogP contribution is -2.06. The standard InChI is InChI=1S/C11H17NO3/c1-4-14-10-6-5-9(8(2)15-12)7-11(10)13-3/h5-8H,4,12H2,1-3H3. The SMILES string of the molecule is CCOc1ccc(C(C)ON)cc1OC. The van der Waals surface area contributed by atoms with Gasteiger partial charge in [-0.25, -0.2) is 5.90 Å². The van der Waals surface area contributed by atoms with Gasteiger partial charge >= 0.3 is 0 Å². The second kappa shape index (κ2) is 5.58. The van der Waals surface area contributed by atoms with Gasteiger partial charge < -0.3 is 9.47 Å². The highest BCUT2D eigenvalue weighted by Crippen LogP contribution is 2.30. The van der Waals surface area contributed by atoms with Crippen molar-refractivity contribution in [2.45, 2.75) is 20.0 Å². The Kier molecular flexibility index (Phi) is 4.39. The molecule has 4 heteroatoms. The van der Waals surface area contributed by atoms with Crippen molar-refractivity contribution in [3.8, 4) is 11.5 Å². The van der Waals surface area contributed by atoms with E-state index in [9.17, 15) is 0 Å². The highest BCUT2D eigenvalue weighted by atomic mass is 16.6. The zero-order valence-electron chi connectivity index (χ0n) is 9.32. The molecule has 0 aliphatic rings. The van der Waals surface area contributed by atoms with E-state index in [4.69, 9.17) is 20.2 Å². The number of ether oxygens (including phenoxy) is 2. The maximum Gasteiger partial charge on any atom is 0.161 e. The molecule has 0 saturated carbocycles. The molecular formula is C11H17NO3. The van der Waals surface area contributed by atoms with E-state index in [0.717, 1.165) is 11.3 Å². The average Bonchev–Trinajstić information content (AvgIpc) is 2.29. The second-order valence-electron chi connectivity index (χ2n) is 3.12. The Bertz CT molecular complexity index is 315. The summed E-state index contributed by atoms with van der Waals surface area (Å²) in [6.45, 7) is 4.41. The molecule has 15 heavy (non-hydrogen) atoms. The van der Waals surface area contributed by atoms with Crippen LogP contribution in [0.25, 0.3) is 0 Å². The number of benzene rings is 1. The molecule has 0 fully saturated rings. The van der Waals surface area contributed by atoms with Gasteiger partial charge in [0.1, 0.15) is 6.10 Å². The summed E-state index contributed by atoms with van der Waals surface area (Å²) in [6, 6.07) is 5.63. The molecule has 0 spiro atoms. The molecule has 84 valence electrons. The summed E-state index contributed by atoms with van der Waals surface area (Å²) in [7, 11) is 1.61. The first-order valence-corrected chi connectivity index (χ1v) is 4.89. The lowest BCUT2D eigenvalue weighted by molar-refractivity contribution is 0.0662. The van der Waals surface area contributed by atoms with Gasteiger partial charge in [0.05, 0.1) is 13.7 Å². The van der Waals surface area contributed by atoms with Crippen LogP contribution in [0.2, 0.25) is 0 Å². The van der Waals surface area contributed by atoms with Crippen LogP contribution in [-0.2, 0) is 4.84 Å². The third kappa shape index (κ3) is 2.84. The van der Waals surface area contributed by atoms with Crippen molar-refractivity contribution >= 4 is 0 Å². The highest BCUT2D eigenvalue weighted by Gasteiger charge is 2.09. The van der Waals surface area contributed by atoms with Gasteiger partial charge in [-0.3, -0.25) is 4.84 Å². The zero-order valence-corrected chi connectivity index (χ0v) is 9.32. The van der Waals surface area contributed by atoms with E-state index in [2.05, 4.69) is 0 Å². The Hall–Kier alpha value is -1.26. The van der Waals surface area contributed by atoms with Gasteiger partial charge in [-0.1, -0.05) is 6.07 Å². The number of methoxy groups -OCH3 is 1. The Balaban J connectivity index is 2.96. The van der Waals surface area contributed by atoms with E-state index in [0.29, 0.717) is 12.4 Å². The minimum Gasteiger partial charge on any atom is -0.493 e. The second-order valence-corrected chi connectivity index (χ2v) is 3.12. The quantitative estimate of drug-likeness (QED) is 0.757. The number of nitrogens with two attached hydrogens (primary N) is 1. The molecule has 0 aromatic heterocycles. The summed E-state index contributed by atoms with van der Waals surface area (Å²) >= 11 is 0. The van der Waals surface area contributed by atoms with Crippen molar-refractivity contribution in [2.24, 2.45) is 5.90 Å². The molecule has 1 atom stereocenters. The van der Waals surface area contributed by atoms with E-state index >= 15 is 0 Å². The van der Waals surface area contributed by atoms with Crippen LogP contribution < -0.4 is 15.4 Å². The zero-order chi connectivity index (χ0) is 11.3. The molecule has 0 amide bonds. The van der Waals surface area contributed by atoms with Crippen molar-refractivity contribution in [3.63, 3.8) is 0 Å². The molecule has 0 aliphatic heterocycles. The van der Waals surface area contributed by atoms with Crippen LogP contribution in [0.4, 0.5) is 0 Å². The summed E-state index contributed by atoms with van der Waals surface area (Å²) in [6.07, 6.45) is -0.158. The van der Waals surface area contributed by atoms with E-state index in [1.54, 1.807) is 7.11 Å². The van der Waals surface area contributed by atoms with Gasteiger partial charge in [-0.2, -0.15) is 0 Å². The molecule has 0 radical (unpaired) electrons. The molecule has 4 nitrogen and oxygen atoms in total. The lowest BCUT2D eigenvalue weighted by atomic mass is 10.1. The molecule has 0 heterocycles. The first-order valence-electron chi connectivity index (χ1n) is 4.89. The van der Waals surface area contributed by atoms with Gasteiger partial charge in [0.25, 0.3) is 0 Å². The highest BCUT2D eigenvalue weighted by molar-refractivity contribution is 5.43. The molecule has 1 unspecified atom stereocenters. The average molecular weight is 211 g/mol. The summed E-state index contributed by atoms with van der Waals surface area (Å²) in [5.74, 6) is 6.54. The first-order chi connectivity index (χ1) is 7.22. The summed E-state index contributed by atoms with van der Waals surface area (Å²) in [5, 5.41) is 0. The first kappa shape index (κ1) is 11.8. The minimum atomic E-state index is -0.158. The molecule has 2 N–H and O–H groups in total. The lowest BCUT2D eigenvalue weighted by Gasteiger charge is -2.13. The molecule has 0 saturated heterocycles. The van der Waals surface area contributed by atoms with Crippen LogP contribution in [0.15, 0.2) is 18.2 Å². The van der Waals surface area contributed by atoms with Gasteiger partial charge in [-0.05, 0) is 31.5 Å². The number of rotatable bonds is 5. The predicted octanol–water partition coefficient (Wildman–Crippen LogP) is 2.05. The summed E-state index contributed by atoms with van der Waals surface area (Å²) < 4.78 is 10.6. The van der Waals surface area contributed by atoms with Crippen molar-refractivity contribution in [1.29, 1.82) is 0 Å². The van der Waals surface area contributed by atoms with Crippen molar-refractivity contribution in [1.82, 2.24) is 0 Å². The van der Waals surface area contributed by atoms with Crippen molar-refractivity contribution < 1.29 is 14.3 Å². The van der Waals surface area contributed by atoms with Gasteiger partial charge in [0.15, 0.2) is 11.5 Å². The van der Waals surface area contributed by atoms with E-state index in [1.165, 1.54) is 0 Å². The number of hydrogen-bond donors (Lipinski definition) is 1. The fourth-order valence-corrected chi connectivity index (χ4v) is 1.29. The fourth-order valence-electron chi connectivity index (χ4n) is 1.29. The van der Waals surface area contributed by atoms with Crippen LogP contribution in [0.3, 0.4) is 0 Å². The van der Waals surface area contributed by atoms with Crippen molar-refractivity contribution in [2.75, 3.05) is 13.7 Å². The monoisotopic (exact) mass is 211 g/mol. The Labute approximate surface area is 89.9 Å². The smallest absolute Gasteiger partial charge is 0.161 e. The largest absolute Gasteiger partial charge is 0.493 e. The maximum absolute atomic E-state index is 5.40. The normalized spacial score (nSPS) is 12.3. The Morgan fingerprint density at radius 2 is 2.07 bits per heavy atom. The van der Waals surface area contributed by atoms with Gasteiger partial charge in [0.2, 0.25) is 0 Å². The fraction of sp³-hybridized carbons (Fsp3) is 0.455. The molecule has 0 bridgehead atoms. The third-order valence-corrected chi connectivity index (χ3v) is 2.16. The Morgan fingerprint density at radius 3 is 2.60 bits per heavy atom. The molecule has 1 aromatic rings. The maximum atomic E-state index is 5.40. The van der Waals surface area contributed by atoms with Gasteiger partial charge in [-0.15, -0.1) is 0 Å². The van der Waals surface area contributed by atoms with Crippen molar-refractivity contribution in [3.05, 3.63) is 23.8 Å². The van der Waals surface area contributed by atoms with Crippen LogP contribution in [0.1, 0.15) is 25.5 Å². The van der Waals surface area contributed by atoms with Crippen LogP contribution >= 0.6 is 0 Å². The van der Waals surface area contributed by atoms with Crippen LogP contribution in [0, 0.1) is 0 Å². The van der Waals surface area contributed by atoms with Gasteiger partial charge in [0, 0.05) is 0 Å². The van der Waals surface area contributed by atoms with E-state index < -0.39 is 0 Å². The molecule has 1 rings (SSSR count). The molecular weight excluding hydrogens is 194 g/mol. The Morgan fingerprint density at radius 1 is 1.33 bits per heavy atom. The molecule has 0 aliphatic carbocycles. The van der Waals surface area contributed by atoms with E-state index in [1.807, 2.05) is 32.0 Å². The van der Waals surface area contributed by atoms with Crippen LogP contribution in [0.5, 0.6) is 11.5 Å². The van der Waals surface area contributed by atoms with E-state index in [-0.39, 0.29) is 6.10 Å².